The van der Waals surface area contributed by atoms with E-state index >= 15 is 0 Å². The fourth-order valence-electron chi connectivity index (χ4n) is 4.13. The van der Waals surface area contributed by atoms with Crippen molar-refractivity contribution in [2.75, 3.05) is 6.61 Å². The van der Waals surface area contributed by atoms with Crippen molar-refractivity contribution in [3.05, 3.63) is 71.8 Å². The molecule has 0 aliphatic carbocycles. The molecule has 0 aliphatic heterocycles. The molecule has 0 heterocycles. The van der Waals surface area contributed by atoms with Crippen molar-refractivity contribution in [3.8, 4) is 11.1 Å². The quantitative estimate of drug-likeness (QED) is 0.161. The second-order valence-corrected chi connectivity index (χ2v) is 11.1. The number of benzene rings is 4. The first kappa shape index (κ1) is 27.8. The highest BCUT2D eigenvalue weighted by molar-refractivity contribution is 7.87. The number of hydrogen-bond acceptors (Lipinski definition) is 5. The van der Waals surface area contributed by atoms with E-state index in [1.807, 2.05) is 0 Å². The molecule has 0 spiro atoms. The normalized spacial score (nSPS) is 13.4. The van der Waals surface area contributed by atoms with Crippen LogP contribution in [-0.4, -0.2) is 28.0 Å². The average molecular weight is 579 g/mol. The minimum atomic E-state index is -5.12. The Morgan fingerprint density at radius 1 is 0.684 bits per heavy atom. The zero-order chi connectivity index (χ0) is 28.3. The maximum absolute atomic E-state index is 13.4. The Morgan fingerprint density at radius 2 is 1.11 bits per heavy atom. The highest BCUT2D eigenvalue weighted by Gasteiger charge is 2.34. The summed E-state index contributed by atoms with van der Waals surface area (Å²) in [6.07, 6.45) is -9.54. The lowest BCUT2D eigenvalue weighted by molar-refractivity contribution is -0.138. The van der Waals surface area contributed by atoms with E-state index in [0.29, 0.717) is 24.3 Å². The summed E-state index contributed by atoms with van der Waals surface area (Å²) in [5.41, 5.74) is -3.17. The second kappa shape index (κ2) is 9.22. The van der Waals surface area contributed by atoms with E-state index in [0.717, 1.165) is 36.4 Å². The molecule has 0 atom stereocenters. The molecule has 0 unspecified atom stereocenters. The molecule has 4 aromatic carbocycles. The third-order valence-corrected chi connectivity index (χ3v) is 8.01. The average Bonchev–Trinajstić information content (AvgIpc) is 2.80. The molecule has 202 valence electrons. The second-order valence-electron chi connectivity index (χ2n) is 8.08. The van der Waals surface area contributed by atoms with Gasteiger partial charge in [-0.05, 0) is 64.9 Å². The first-order chi connectivity index (χ1) is 17.4. The molecule has 0 radical (unpaired) electrons. The standard InChI is InChI=1S/C24H16F6O6S2/c1-2-36-38(34,35)20-10-4-14-12-16(24(28,29)30)6-8-18(14)22(20)21-17-7-5-15(23(25,26)27)11-13(17)3-9-19(21)37(31,32)33/h3-12H,2H2,1H3,(H,31,32,33). The molecule has 0 saturated heterocycles. The Balaban J connectivity index is 2.25. The van der Waals surface area contributed by atoms with Gasteiger partial charge in [0.05, 0.1) is 17.7 Å². The lowest BCUT2D eigenvalue weighted by atomic mass is 9.92. The zero-order valence-electron chi connectivity index (χ0n) is 19.1. The molecule has 0 fully saturated rings. The van der Waals surface area contributed by atoms with Gasteiger partial charge >= 0.3 is 12.4 Å². The SMILES string of the molecule is CCOS(=O)(=O)c1ccc2cc(C(F)(F)F)ccc2c1-c1c(S(=O)(=O)O)ccc2cc(C(F)(F)F)ccc12. The van der Waals surface area contributed by atoms with Gasteiger partial charge in [0.1, 0.15) is 9.79 Å². The summed E-state index contributed by atoms with van der Waals surface area (Å²) in [4.78, 5) is -1.53. The Labute approximate surface area is 212 Å². The van der Waals surface area contributed by atoms with Gasteiger partial charge in [-0.1, -0.05) is 24.3 Å². The van der Waals surface area contributed by atoms with Crippen molar-refractivity contribution in [2.24, 2.45) is 0 Å². The van der Waals surface area contributed by atoms with E-state index in [4.69, 9.17) is 4.18 Å². The van der Waals surface area contributed by atoms with Gasteiger partial charge in [0.2, 0.25) is 0 Å². The molecule has 0 aliphatic rings. The summed E-state index contributed by atoms with van der Waals surface area (Å²) >= 11 is 0. The molecule has 1 N–H and O–H groups in total. The lowest BCUT2D eigenvalue weighted by Gasteiger charge is -2.19. The predicted octanol–water partition coefficient (Wildman–Crippen LogP) is 6.67. The minimum Gasteiger partial charge on any atom is -0.282 e. The van der Waals surface area contributed by atoms with Gasteiger partial charge in [-0.25, -0.2) is 0 Å². The van der Waals surface area contributed by atoms with Gasteiger partial charge in [0, 0.05) is 11.1 Å². The van der Waals surface area contributed by atoms with E-state index in [1.54, 1.807) is 0 Å². The van der Waals surface area contributed by atoms with Crippen LogP contribution in [0.25, 0.3) is 32.7 Å². The molecule has 4 rings (SSSR count). The number of fused-ring (bicyclic) bond motifs is 2. The summed E-state index contributed by atoms with van der Waals surface area (Å²) < 4.78 is 146. The topological polar surface area (TPSA) is 97.7 Å². The summed E-state index contributed by atoms with van der Waals surface area (Å²) in [5, 5.41) is -0.731. The highest BCUT2D eigenvalue weighted by Crippen LogP contribution is 2.44. The van der Waals surface area contributed by atoms with E-state index in [-0.39, 0.29) is 28.2 Å². The van der Waals surface area contributed by atoms with Gasteiger partial charge in [-0.2, -0.15) is 43.2 Å². The van der Waals surface area contributed by atoms with E-state index in [1.165, 1.54) is 6.92 Å². The molecule has 6 nitrogen and oxygen atoms in total. The summed E-state index contributed by atoms with van der Waals surface area (Å²) in [6.45, 7) is 0.983. The number of halogens is 6. The molecule has 0 aromatic heterocycles. The summed E-state index contributed by atoms with van der Waals surface area (Å²) in [6, 6.07) is 8.20. The summed E-state index contributed by atoms with van der Waals surface area (Å²) in [5.74, 6) is 0. The molecule has 38 heavy (non-hydrogen) atoms. The van der Waals surface area contributed by atoms with Gasteiger partial charge in [-0.15, -0.1) is 0 Å². The van der Waals surface area contributed by atoms with Gasteiger partial charge in [0.15, 0.2) is 0 Å². The van der Waals surface area contributed by atoms with Crippen LogP contribution in [0.1, 0.15) is 18.1 Å². The van der Waals surface area contributed by atoms with E-state index < -0.39 is 64.6 Å². The lowest BCUT2D eigenvalue weighted by Crippen LogP contribution is -2.10. The Hall–Kier alpha value is -3.20. The molecule has 0 saturated carbocycles. The molecule has 4 aromatic rings. The van der Waals surface area contributed by atoms with Crippen LogP contribution in [0.2, 0.25) is 0 Å². The molecular weight excluding hydrogens is 562 g/mol. The van der Waals surface area contributed by atoms with Gasteiger partial charge in [0.25, 0.3) is 20.2 Å². The van der Waals surface area contributed by atoms with Crippen LogP contribution in [-0.2, 0) is 36.8 Å². The molecule has 14 heteroatoms. The van der Waals surface area contributed by atoms with E-state index in [9.17, 15) is 47.7 Å². The maximum Gasteiger partial charge on any atom is 0.416 e. The van der Waals surface area contributed by atoms with Crippen LogP contribution in [0.4, 0.5) is 26.3 Å². The van der Waals surface area contributed by atoms with Crippen LogP contribution >= 0.6 is 0 Å². The molecular formula is C24H16F6O6S2. The number of hydrogen-bond donors (Lipinski definition) is 1. The van der Waals surface area contributed by atoms with Crippen LogP contribution < -0.4 is 0 Å². The predicted molar refractivity (Wildman–Crippen MR) is 126 cm³/mol. The van der Waals surface area contributed by atoms with Crippen LogP contribution in [0.15, 0.2) is 70.5 Å². The van der Waals surface area contributed by atoms with Crippen molar-refractivity contribution in [1.29, 1.82) is 0 Å². The fraction of sp³-hybridized carbons (Fsp3) is 0.167. The van der Waals surface area contributed by atoms with Crippen LogP contribution in [0.5, 0.6) is 0 Å². The first-order valence-electron chi connectivity index (χ1n) is 10.6. The van der Waals surface area contributed by atoms with Crippen molar-refractivity contribution >= 4 is 41.8 Å². The van der Waals surface area contributed by atoms with Crippen LogP contribution in [0, 0.1) is 0 Å². The molecule has 0 amide bonds. The zero-order valence-corrected chi connectivity index (χ0v) is 20.7. The molecule has 0 bridgehead atoms. The monoisotopic (exact) mass is 578 g/mol. The number of alkyl halides is 6. The van der Waals surface area contributed by atoms with Crippen molar-refractivity contribution < 1.29 is 51.9 Å². The van der Waals surface area contributed by atoms with Gasteiger partial charge < -0.3 is 0 Å². The van der Waals surface area contributed by atoms with Crippen molar-refractivity contribution in [1.82, 2.24) is 0 Å². The summed E-state index contributed by atoms with van der Waals surface area (Å²) in [7, 11) is -9.78. The van der Waals surface area contributed by atoms with E-state index in [2.05, 4.69) is 0 Å². The van der Waals surface area contributed by atoms with Gasteiger partial charge in [-0.3, -0.25) is 8.74 Å². The maximum atomic E-state index is 13.4. The first-order valence-corrected chi connectivity index (χ1v) is 13.4. The van der Waals surface area contributed by atoms with Crippen molar-refractivity contribution in [3.63, 3.8) is 0 Å². The highest BCUT2D eigenvalue weighted by atomic mass is 32.2. The minimum absolute atomic E-state index is 0.157. The Bertz CT molecular complexity index is 1790. The van der Waals surface area contributed by atoms with Crippen molar-refractivity contribution in [2.45, 2.75) is 29.1 Å². The smallest absolute Gasteiger partial charge is 0.282 e. The number of rotatable bonds is 5. The Morgan fingerprint density at radius 3 is 1.50 bits per heavy atom. The third-order valence-electron chi connectivity index (χ3n) is 5.69. The third kappa shape index (κ3) is 5.08. The fourth-order valence-corrected chi connectivity index (χ4v) is 5.97. The van der Waals surface area contributed by atoms with Crippen LogP contribution in [0.3, 0.4) is 0 Å². The largest absolute Gasteiger partial charge is 0.416 e. The Kier molecular flexibility index (Phi) is 6.75.